The number of rotatable bonds is 2. The molecule has 0 fully saturated rings. The molecule has 0 saturated carbocycles. The summed E-state index contributed by atoms with van der Waals surface area (Å²) in [4.78, 5) is 0. The van der Waals surface area contributed by atoms with Crippen LogP contribution in [-0.4, -0.2) is 36.7 Å². The molecule has 0 aromatic rings. The Kier molecular flexibility index (Phi) is 4.23. The van der Waals surface area contributed by atoms with Crippen molar-refractivity contribution in [3.63, 3.8) is 0 Å². The maximum atomic E-state index is 12.3. The Morgan fingerprint density at radius 1 is 0.789 bits per heavy atom. The SMILES string of the molecule is CC(C(C(F)(F)F)(C(F)(F)F)C(F)(F)F)S(=O)(=O)O. The molecule has 0 spiro atoms. The minimum Gasteiger partial charge on any atom is -0.285 e. The molecule has 0 aliphatic rings. The van der Waals surface area contributed by atoms with Crippen LogP contribution >= 0.6 is 0 Å². The van der Waals surface area contributed by atoms with E-state index in [0.717, 1.165) is 0 Å². The fourth-order valence-corrected chi connectivity index (χ4v) is 2.24. The van der Waals surface area contributed by atoms with Gasteiger partial charge in [0.15, 0.2) is 0 Å². The largest absolute Gasteiger partial charge is 0.413 e. The van der Waals surface area contributed by atoms with Crippen molar-refractivity contribution in [3.05, 3.63) is 0 Å². The van der Waals surface area contributed by atoms with Crippen LogP contribution in [0.3, 0.4) is 0 Å². The molecule has 116 valence electrons. The summed E-state index contributed by atoms with van der Waals surface area (Å²) in [5.41, 5.74) is -6.58. The third kappa shape index (κ3) is 2.75. The van der Waals surface area contributed by atoms with Crippen LogP contribution in [0.2, 0.25) is 0 Å². The summed E-state index contributed by atoms with van der Waals surface area (Å²) in [5, 5.41) is -4.21. The summed E-state index contributed by atoms with van der Waals surface area (Å²) in [6, 6.07) is 0. The summed E-state index contributed by atoms with van der Waals surface area (Å²) in [5.74, 6) is 0. The van der Waals surface area contributed by atoms with Gasteiger partial charge in [0.05, 0.1) is 0 Å². The lowest BCUT2D eigenvalue weighted by atomic mass is 9.82. The summed E-state index contributed by atoms with van der Waals surface area (Å²) < 4.78 is 140. The standard InChI is InChI=1S/C6H5F9O3S/c1-2(19(16,17)18)3(4(7,8)9,5(10,11)12)6(13,14)15/h2H,1H3,(H,16,17,18). The first kappa shape index (κ1) is 18.3. The highest BCUT2D eigenvalue weighted by Gasteiger charge is 2.87. The maximum Gasteiger partial charge on any atom is 0.413 e. The van der Waals surface area contributed by atoms with Gasteiger partial charge >= 0.3 is 18.5 Å². The summed E-state index contributed by atoms with van der Waals surface area (Å²) in [7, 11) is -6.27. The predicted molar refractivity (Wildman–Crippen MR) is 41.6 cm³/mol. The van der Waals surface area contributed by atoms with Gasteiger partial charge in [-0.25, -0.2) is 0 Å². The summed E-state index contributed by atoms with van der Waals surface area (Å²) in [6.45, 7) is -0.524. The fourth-order valence-electron chi connectivity index (χ4n) is 1.40. The van der Waals surface area contributed by atoms with Gasteiger partial charge in [0.1, 0.15) is 5.25 Å². The van der Waals surface area contributed by atoms with Gasteiger partial charge in [-0.3, -0.25) is 4.55 Å². The molecule has 13 heteroatoms. The lowest BCUT2D eigenvalue weighted by Gasteiger charge is -2.41. The highest BCUT2D eigenvalue weighted by molar-refractivity contribution is 7.86. The average molecular weight is 328 g/mol. The zero-order valence-electron chi connectivity index (χ0n) is 8.65. The maximum absolute atomic E-state index is 12.3. The molecule has 0 aliphatic heterocycles. The van der Waals surface area contributed by atoms with E-state index in [1.807, 2.05) is 0 Å². The second-order valence-corrected chi connectivity index (χ2v) is 5.20. The minimum atomic E-state index is -7.03. The van der Waals surface area contributed by atoms with Gasteiger partial charge in [0, 0.05) is 0 Å². The molecule has 1 N–H and O–H groups in total. The van der Waals surface area contributed by atoms with Crippen molar-refractivity contribution in [1.82, 2.24) is 0 Å². The second kappa shape index (κ2) is 4.40. The van der Waals surface area contributed by atoms with Crippen molar-refractivity contribution in [2.24, 2.45) is 5.41 Å². The Hall–Kier alpha value is -0.720. The Balaban J connectivity index is 6.63. The monoisotopic (exact) mass is 328 g/mol. The highest BCUT2D eigenvalue weighted by Crippen LogP contribution is 2.62. The number of hydrogen-bond acceptors (Lipinski definition) is 2. The second-order valence-electron chi connectivity index (χ2n) is 3.46. The summed E-state index contributed by atoms with van der Waals surface area (Å²) >= 11 is 0. The zero-order valence-corrected chi connectivity index (χ0v) is 9.47. The van der Waals surface area contributed by atoms with Gasteiger partial charge in [-0.2, -0.15) is 47.9 Å². The third-order valence-electron chi connectivity index (χ3n) is 2.40. The van der Waals surface area contributed by atoms with Crippen LogP contribution in [0.15, 0.2) is 0 Å². The molecule has 19 heavy (non-hydrogen) atoms. The van der Waals surface area contributed by atoms with Crippen LogP contribution in [0.1, 0.15) is 6.92 Å². The molecule has 0 heterocycles. The van der Waals surface area contributed by atoms with Crippen molar-refractivity contribution in [3.8, 4) is 0 Å². The van der Waals surface area contributed by atoms with Crippen molar-refractivity contribution in [2.45, 2.75) is 30.7 Å². The van der Waals surface area contributed by atoms with E-state index in [1.165, 1.54) is 0 Å². The molecule has 0 saturated heterocycles. The van der Waals surface area contributed by atoms with Crippen molar-refractivity contribution in [1.29, 1.82) is 0 Å². The van der Waals surface area contributed by atoms with Gasteiger partial charge in [0.25, 0.3) is 15.5 Å². The highest BCUT2D eigenvalue weighted by atomic mass is 32.2. The van der Waals surface area contributed by atoms with Gasteiger partial charge in [0.2, 0.25) is 0 Å². The zero-order chi connectivity index (χ0) is 16.1. The first-order valence-electron chi connectivity index (χ1n) is 4.07. The van der Waals surface area contributed by atoms with E-state index in [1.54, 1.807) is 0 Å². The Morgan fingerprint density at radius 3 is 1.05 bits per heavy atom. The molecular formula is C6H5F9O3S. The van der Waals surface area contributed by atoms with E-state index in [2.05, 4.69) is 0 Å². The van der Waals surface area contributed by atoms with Crippen LogP contribution in [-0.2, 0) is 10.1 Å². The lowest BCUT2D eigenvalue weighted by Crippen LogP contribution is -2.66. The lowest BCUT2D eigenvalue weighted by molar-refractivity contribution is -0.426. The van der Waals surface area contributed by atoms with Crippen molar-refractivity contribution >= 4 is 10.1 Å². The topological polar surface area (TPSA) is 54.4 Å². The van der Waals surface area contributed by atoms with Crippen LogP contribution in [0.5, 0.6) is 0 Å². The average Bonchev–Trinajstić information content (AvgIpc) is 1.92. The van der Waals surface area contributed by atoms with Gasteiger partial charge in [-0.05, 0) is 6.92 Å². The molecule has 3 nitrogen and oxygen atoms in total. The van der Waals surface area contributed by atoms with Crippen LogP contribution in [0, 0.1) is 5.41 Å². The Morgan fingerprint density at radius 2 is 1.00 bits per heavy atom. The van der Waals surface area contributed by atoms with Crippen molar-refractivity contribution in [2.75, 3.05) is 0 Å². The van der Waals surface area contributed by atoms with E-state index in [-0.39, 0.29) is 0 Å². The third-order valence-corrected chi connectivity index (χ3v) is 3.65. The van der Waals surface area contributed by atoms with Crippen LogP contribution < -0.4 is 0 Å². The Bertz CT molecular complexity index is 392. The van der Waals surface area contributed by atoms with Gasteiger partial charge in [-0.15, -0.1) is 0 Å². The van der Waals surface area contributed by atoms with E-state index < -0.39 is 46.2 Å². The van der Waals surface area contributed by atoms with Crippen LogP contribution in [0.25, 0.3) is 0 Å². The Labute approximate surface area is 99.7 Å². The molecule has 1 unspecified atom stereocenters. The molecule has 0 aromatic carbocycles. The van der Waals surface area contributed by atoms with Gasteiger partial charge < -0.3 is 0 Å². The summed E-state index contributed by atoms with van der Waals surface area (Å²) in [6.07, 6.45) is -21.1. The minimum absolute atomic E-state index is 0.524. The first-order valence-corrected chi connectivity index (χ1v) is 5.57. The van der Waals surface area contributed by atoms with E-state index in [4.69, 9.17) is 4.55 Å². The predicted octanol–water partition coefficient (Wildman–Crippen LogP) is 2.94. The molecular weight excluding hydrogens is 323 g/mol. The van der Waals surface area contributed by atoms with E-state index >= 15 is 0 Å². The van der Waals surface area contributed by atoms with E-state index in [0.29, 0.717) is 0 Å². The molecule has 0 amide bonds. The first-order chi connectivity index (χ1) is 7.90. The normalized spacial score (nSPS) is 17.4. The molecule has 1 atom stereocenters. The molecule has 0 bridgehead atoms. The number of alkyl halides is 9. The fraction of sp³-hybridized carbons (Fsp3) is 1.00. The quantitative estimate of drug-likeness (QED) is 0.626. The molecule has 0 aliphatic carbocycles. The number of hydrogen-bond donors (Lipinski definition) is 1. The molecule has 0 radical (unpaired) electrons. The van der Waals surface area contributed by atoms with Gasteiger partial charge in [-0.1, -0.05) is 0 Å². The molecule has 0 aromatic heterocycles. The molecule has 0 rings (SSSR count). The number of halogens is 9. The van der Waals surface area contributed by atoms with Crippen LogP contribution in [0.4, 0.5) is 39.5 Å². The smallest absolute Gasteiger partial charge is 0.285 e. The van der Waals surface area contributed by atoms with Crippen molar-refractivity contribution < 1.29 is 52.5 Å². The van der Waals surface area contributed by atoms with E-state index in [9.17, 15) is 47.9 Å².